The van der Waals surface area contributed by atoms with Crippen LogP contribution in [0, 0.1) is 5.82 Å². The van der Waals surface area contributed by atoms with Crippen molar-refractivity contribution < 1.29 is 4.39 Å². The van der Waals surface area contributed by atoms with Crippen molar-refractivity contribution in [3.05, 3.63) is 78.4 Å². The van der Waals surface area contributed by atoms with Crippen LogP contribution in [-0.4, -0.2) is 9.78 Å². The van der Waals surface area contributed by atoms with Gasteiger partial charge < -0.3 is 0 Å². The molecular formula is C16H13FN2. The molecule has 0 fully saturated rings. The van der Waals surface area contributed by atoms with Crippen molar-refractivity contribution in [2.45, 2.75) is 6.54 Å². The molecular weight excluding hydrogens is 239 g/mol. The van der Waals surface area contributed by atoms with Crippen LogP contribution in [0.25, 0.3) is 11.1 Å². The molecule has 1 aromatic heterocycles. The largest absolute Gasteiger partial charge is 0.268 e. The summed E-state index contributed by atoms with van der Waals surface area (Å²) < 4.78 is 14.9. The summed E-state index contributed by atoms with van der Waals surface area (Å²) in [5.41, 5.74) is 3.10. The van der Waals surface area contributed by atoms with E-state index in [0.29, 0.717) is 6.54 Å². The Bertz CT molecular complexity index is 674. The van der Waals surface area contributed by atoms with E-state index in [9.17, 15) is 4.39 Å². The van der Waals surface area contributed by atoms with Crippen molar-refractivity contribution in [3.63, 3.8) is 0 Å². The van der Waals surface area contributed by atoms with Gasteiger partial charge in [0.25, 0.3) is 0 Å². The monoisotopic (exact) mass is 252 g/mol. The van der Waals surface area contributed by atoms with Crippen LogP contribution in [0.1, 0.15) is 5.56 Å². The van der Waals surface area contributed by atoms with Gasteiger partial charge in [0, 0.05) is 11.8 Å². The highest BCUT2D eigenvalue weighted by molar-refractivity contribution is 5.61. The van der Waals surface area contributed by atoms with Gasteiger partial charge in [-0.1, -0.05) is 42.5 Å². The Kier molecular flexibility index (Phi) is 3.11. The molecule has 1 heterocycles. The molecule has 0 unspecified atom stereocenters. The first kappa shape index (κ1) is 11.7. The molecule has 0 aliphatic carbocycles. The summed E-state index contributed by atoms with van der Waals surface area (Å²) >= 11 is 0. The molecule has 0 radical (unpaired) electrons. The number of aromatic nitrogens is 2. The van der Waals surface area contributed by atoms with E-state index in [0.717, 1.165) is 16.7 Å². The molecule has 0 saturated heterocycles. The van der Waals surface area contributed by atoms with Crippen molar-refractivity contribution in [2.75, 3.05) is 0 Å². The minimum Gasteiger partial charge on any atom is -0.268 e. The maximum absolute atomic E-state index is 13.1. The van der Waals surface area contributed by atoms with E-state index >= 15 is 0 Å². The van der Waals surface area contributed by atoms with Gasteiger partial charge in [-0.2, -0.15) is 5.10 Å². The van der Waals surface area contributed by atoms with E-state index in [2.05, 4.69) is 5.10 Å². The standard InChI is InChI=1S/C16H13FN2/c17-16-8-4-5-13(9-16)11-19-12-15(10-18-19)14-6-2-1-3-7-14/h1-10,12H,11H2. The lowest BCUT2D eigenvalue weighted by atomic mass is 10.1. The summed E-state index contributed by atoms with van der Waals surface area (Å²) in [6, 6.07) is 16.7. The third-order valence-corrected chi connectivity index (χ3v) is 2.97. The number of hydrogen-bond acceptors (Lipinski definition) is 1. The summed E-state index contributed by atoms with van der Waals surface area (Å²) in [6.45, 7) is 0.574. The molecule has 2 nitrogen and oxygen atoms in total. The van der Waals surface area contributed by atoms with E-state index in [1.807, 2.05) is 53.5 Å². The molecule has 0 spiro atoms. The predicted molar refractivity (Wildman–Crippen MR) is 73.2 cm³/mol. The van der Waals surface area contributed by atoms with Crippen LogP contribution in [-0.2, 0) is 6.54 Å². The summed E-state index contributed by atoms with van der Waals surface area (Å²) in [7, 11) is 0. The average molecular weight is 252 g/mol. The van der Waals surface area contributed by atoms with Gasteiger partial charge >= 0.3 is 0 Å². The Morgan fingerprint density at radius 3 is 2.58 bits per heavy atom. The SMILES string of the molecule is Fc1cccc(Cn2cc(-c3ccccc3)cn2)c1. The molecule has 19 heavy (non-hydrogen) atoms. The Morgan fingerprint density at radius 2 is 1.79 bits per heavy atom. The molecule has 0 saturated carbocycles. The first-order valence-electron chi connectivity index (χ1n) is 6.13. The Labute approximate surface area is 111 Å². The number of halogens is 1. The van der Waals surface area contributed by atoms with Gasteiger partial charge in [0.05, 0.1) is 12.7 Å². The molecule has 0 N–H and O–H groups in total. The highest BCUT2D eigenvalue weighted by Gasteiger charge is 2.02. The lowest BCUT2D eigenvalue weighted by Gasteiger charge is -2.01. The highest BCUT2D eigenvalue weighted by Crippen LogP contribution is 2.18. The minimum atomic E-state index is -0.215. The van der Waals surface area contributed by atoms with Gasteiger partial charge in [0.2, 0.25) is 0 Å². The van der Waals surface area contributed by atoms with Gasteiger partial charge in [-0.15, -0.1) is 0 Å². The zero-order chi connectivity index (χ0) is 13.1. The second kappa shape index (κ2) is 5.06. The lowest BCUT2D eigenvalue weighted by Crippen LogP contribution is -1.99. The average Bonchev–Trinajstić information content (AvgIpc) is 2.88. The zero-order valence-corrected chi connectivity index (χ0v) is 10.3. The normalized spacial score (nSPS) is 10.6. The number of nitrogens with zero attached hydrogens (tertiary/aromatic N) is 2. The molecule has 0 bridgehead atoms. The smallest absolute Gasteiger partial charge is 0.123 e. The van der Waals surface area contributed by atoms with Crippen molar-refractivity contribution in [3.8, 4) is 11.1 Å². The maximum atomic E-state index is 13.1. The topological polar surface area (TPSA) is 17.8 Å². The van der Waals surface area contributed by atoms with Crippen LogP contribution >= 0.6 is 0 Å². The van der Waals surface area contributed by atoms with Crippen LogP contribution < -0.4 is 0 Å². The molecule has 0 amide bonds. The molecule has 0 aliphatic rings. The summed E-state index contributed by atoms with van der Waals surface area (Å²) in [6.07, 6.45) is 3.80. The van der Waals surface area contributed by atoms with Crippen molar-refractivity contribution >= 4 is 0 Å². The molecule has 2 aromatic carbocycles. The summed E-state index contributed by atoms with van der Waals surface area (Å²) in [4.78, 5) is 0. The Morgan fingerprint density at radius 1 is 0.947 bits per heavy atom. The number of hydrogen-bond donors (Lipinski definition) is 0. The highest BCUT2D eigenvalue weighted by atomic mass is 19.1. The van der Waals surface area contributed by atoms with Gasteiger partial charge in [-0.3, -0.25) is 4.68 Å². The van der Waals surface area contributed by atoms with Crippen LogP contribution in [0.2, 0.25) is 0 Å². The molecule has 3 rings (SSSR count). The molecule has 0 aliphatic heterocycles. The molecule has 94 valence electrons. The van der Waals surface area contributed by atoms with Crippen LogP contribution in [0.4, 0.5) is 4.39 Å². The fraction of sp³-hybridized carbons (Fsp3) is 0.0625. The second-order valence-corrected chi connectivity index (χ2v) is 4.42. The molecule has 3 aromatic rings. The van der Waals surface area contributed by atoms with Crippen molar-refractivity contribution in [2.24, 2.45) is 0 Å². The van der Waals surface area contributed by atoms with Gasteiger partial charge in [0.15, 0.2) is 0 Å². The van der Waals surface area contributed by atoms with Crippen LogP contribution in [0.15, 0.2) is 67.0 Å². The summed E-state index contributed by atoms with van der Waals surface area (Å²) in [5, 5.41) is 4.31. The minimum absolute atomic E-state index is 0.215. The van der Waals surface area contributed by atoms with E-state index in [1.165, 1.54) is 12.1 Å². The first-order chi connectivity index (χ1) is 9.31. The van der Waals surface area contributed by atoms with Crippen molar-refractivity contribution in [1.82, 2.24) is 9.78 Å². The Hall–Kier alpha value is -2.42. The first-order valence-corrected chi connectivity index (χ1v) is 6.13. The van der Waals surface area contributed by atoms with Crippen molar-refractivity contribution in [1.29, 1.82) is 0 Å². The quantitative estimate of drug-likeness (QED) is 0.694. The lowest BCUT2D eigenvalue weighted by molar-refractivity contribution is 0.619. The fourth-order valence-corrected chi connectivity index (χ4v) is 2.05. The molecule has 0 atom stereocenters. The third-order valence-electron chi connectivity index (χ3n) is 2.97. The molecule has 3 heteroatoms. The zero-order valence-electron chi connectivity index (χ0n) is 10.3. The third kappa shape index (κ3) is 2.71. The van der Waals surface area contributed by atoms with Crippen LogP contribution in [0.5, 0.6) is 0 Å². The fourth-order valence-electron chi connectivity index (χ4n) is 2.05. The van der Waals surface area contributed by atoms with E-state index in [1.54, 1.807) is 6.07 Å². The van der Waals surface area contributed by atoms with E-state index in [4.69, 9.17) is 0 Å². The number of benzene rings is 2. The second-order valence-electron chi connectivity index (χ2n) is 4.42. The van der Waals surface area contributed by atoms with Crippen LogP contribution in [0.3, 0.4) is 0 Å². The predicted octanol–water partition coefficient (Wildman–Crippen LogP) is 3.74. The maximum Gasteiger partial charge on any atom is 0.123 e. The van der Waals surface area contributed by atoms with Gasteiger partial charge in [-0.05, 0) is 23.3 Å². The summed E-state index contributed by atoms with van der Waals surface area (Å²) in [5.74, 6) is -0.215. The van der Waals surface area contributed by atoms with Gasteiger partial charge in [0.1, 0.15) is 5.82 Å². The Balaban J connectivity index is 1.82. The van der Waals surface area contributed by atoms with Gasteiger partial charge in [-0.25, -0.2) is 4.39 Å². The van der Waals surface area contributed by atoms with E-state index < -0.39 is 0 Å². The number of rotatable bonds is 3. The van der Waals surface area contributed by atoms with E-state index in [-0.39, 0.29) is 5.82 Å².